The minimum Gasteiger partial charge on any atom is -0.341 e. The van der Waals surface area contributed by atoms with Gasteiger partial charge in [0.15, 0.2) is 0 Å². The van der Waals surface area contributed by atoms with E-state index in [0.717, 1.165) is 19.3 Å². The Morgan fingerprint density at radius 2 is 1.85 bits per heavy atom. The molecule has 5 heteroatoms. The van der Waals surface area contributed by atoms with Crippen molar-refractivity contribution in [3.63, 3.8) is 0 Å². The van der Waals surface area contributed by atoms with Crippen LogP contribution in [0.1, 0.15) is 32.6 Å². The fraction of sp³-hybridized carbons (Fsp3) is 0.625. The number of Topliss-reactive ketones (excluding diaryl/α,β-unsaturated/α-hetero) is 1. The smallest absolute Gasteiger partial charge is 0.341 e. The lowest BCUT2D eigenvalue weighted by Crippen LogP contribution is -2.12. The van der Waals surface area contributed by atoms with E-state index in [-0.39, 0.29) is 6.42 Å². The first-order chi connectivity index (χ1) is 6.22. The maximum absolute atomic E-state index is 10.7. The molecule has 0 amide bonds. The van der Waals surface area contributed by atoms with Crippen LogP contribution in [0.4, 0.5) is 0 Å². The Morgan fingerprint density at radius 3 is 2.23 bits per heavy atom. The molecule has 0 spiro atoms. The monoisotopic (exact) mass is 208 g/mol. The third-order valence-electron chi connectivity index (χ3n) is 1.31. The predicted molar refractivity (Wildman–Crippen MR) is 48.2 cm³/mol. The molecule has 0 saturated carbocycles. The maximum Gasteiger partial charge on any atom is 0.392 e. The van der Waals surface area contributed by atoms with Gasteiger partial charge >= 0.3 is 5.97 Å². The summed E-state index contributed by atoms with van der Waals surface area (Å²) in [5, 5.41) is 0. The quantitative estimate of drug-likeness (QED) is 0.509. The molecular formula is C8H13ClO4. The molecule has 0 fully saturated rings. The van der Waals surface area contributed by atoms with Crippen molar-refractivity contribution in [2.75, 3.05) is 0 Å². The van der Waals surface area contributed by atoms with Crippen LogP contribution < -0.4 is 0 Å². The summed E-state index contributed by atoms with van der Waals surface area (Å²) in [5.41, 5.74) is 0. The molecule has 0 aromatic heterocycles. The Balaban J connectivity index is 0. The minimum atomic E-state index is -0.956. The van der Waals surface area contributed by atoms with E-state index in [9.17, 15) is 9.59 Å². The molecule has 0 aliphatic carbocycles. The van der Waals surface area contributed by atoms with E-state index in [1.165, 1.54) is 0 Å². The summed E-state index contributed by atoms with van der Waals surface area (Å²) in [6.45, 7) is 4.02. The number of ketones is 1. The van der Waals surface area contributed by atoms with Gasteiger partial charge in [0.05, 0.1) is 0 Å². The zero-order valence-electron chi connectivity index (χ0n) is 7.55. The molecule has 13 heavy (non-hydrogen) atoms. The van der Waals surface area contributed by atoms with Crippen molar-refractivity contribution in [3.05, 3.63) is 0 Å². The van der Waals surface area contributed by atoms with E-state index >= 15 is 0 Å². The Bertz CT molecular complexity index is 158. The normalized spacial score (nSPS) is 8.15. The number of carbonyl (C=O) groups is 3. The van der Waals surface area contributed by atoms with Gasteiger partial charge in [-0.2, -0.15) is 0 Å². The Labute approximate surface area is 82.4 Å². The number of unbranched alkanes of at least 4 members (excludes halogenated alkanes) is 2. The summed E-state index contributed by atoms with van der Waals surface area (Å²) < 4.78 is 3.73. The highest BCUT2D eigenvalue weighted by atomic mass is 35.5. The highest BCUT2D eigenvalue weighted by molar-refractivity contribution is 6.38. The fourth-order valence-corrected chi connectivity index (χ4v) is 0.767. The van der Waals surface area contributed by atoms with Crippen LogP contribution in [0.2, 0.25) is 0 Å². The van der Waals surface area contributed by atoms with Gasteiger partial charge < -0.3 is 9.08 Å². The Hall–Kier alpha value is -0.900. The average molecular weight is 209 g/mol. The predicted octanol–water partition coefficient (Wildman–Crippen LogP) is 1.65. The van der Waals surface area contributed by atoms with E-state index in [4.69, 9.17) is 4.79 Å². The largest absolute Gasteiger partial charge is 0.392 e. The zero-order chi connectivity index (χ0) is 10.7. The molecule has 0 aliphatic heterocycles. The fourth-order valence-electron chi connectivity index (χ4n) is 0.681. The van der Waals surface area contributed by atoms with E-state index in [1.807, 2.05) is 13.7 Å². The van der Waals surface area contributed by atoms with Gasteiger partial charge in [0.2, 0.25) is 5.78 Å². The van der Waals surface area contributed by atoms with Gasteiger partial charge in [-0.25, -0.2) is 4.79 Å². The molecule has 0 atom stereocenters. The lowest BCUT2D eigenvalue weighted by Gasteiger charge is -1.94. The van der Waals surface area contributed by atoms with Crippen LogP contribution >= 0.6 is 11.9 Å². The third kappa shape index (κ3) is 9.01. The molecule has 0 N–H and O–H groups in total. The van der Waals surface area contributed by atoms with Crippen molar-refractivity contribution in [2.24, 2.45) is 0 Å². The van der Waals surface area contributed by atoms with Crippen molar-refractivity contribution in [1.29, 1.82) is 0 Å². The lowest BCUT2D eigenvalue weighted by atomic mass is 10.1. The molecule has 0 bridgehead atoms. The second-order valence-corrected chi connectivity index (χ2v) is 2.40. The third-order valence-corrected chi connectivity index (χ3v) is 1.45. The molecule has 0 heterocycles. The summed E-state index contributed by atoms with van der Waals surface area (Å²) in [7, 11) is 0. The van der Waals surface area contributed by atoms with Crippen molar-refractivity contribution in [3.8, 4) is 0 Å². The van der Waals surface area contributed by atoms with E-state index in [2.05, 4.69) is 16.2 Å². The summed E-state index contributed by atoms with van der Waals surface area (Å²) in [4.78, 5) is 29.1. The van der Waals surface area contributed by atoms with Crippen molar-refractivity contribution in [2.45, 2.75) is 32.6 Å². The number of carbonyl (C=O) groups excluding carboxylic acids is 3. The van der Waals surface area contributed by atoms with Crippen LogP contribution in [0, 0.1) is 0 Å². The molecule has 0 unspecified atom stereocenters. The van der Waals surface area contributed by atoms with Gasteiger partial charge in [0, 0.05) is 6.42 Å². The van der Waals surface area contributed by atoms with Crippen molar-refractivity contribution >= 4 is 30.4 Å². The molecular weight excluding hydrogens is 196 g/mol. The second kappa shape index (κ2) is 11.1. The van der Waals surface area contributed by atoms with Crippen LogP contribution in [-0.4, -0.2) is 18.5 Å². The van der Waals surface area contributed by atoms with Gasteiger partial charge in [-0.3, -0.25) is 4.79 Å². The van der Waals surface area contributed by atoms with E-state index < -0.39 is 11.8 Å². The molecule has 0 saturated heterocycles. The van der Waals surface area contributed by atoms with E-state index in [1.54, 1.807) is 0 Å². The number of rotatable bonds is 5. The van der Waals surface area contributed by atoms with Crippen LogP contribution in [-0.2, 0) is 18.7 Å². The van der Waals surface area contributed by atoms with Crippen LogP contribution in [0.25, 0.3) is 0 Å². The molecule has 0 aliphatic rings. The van der Waals surface area contributed by atoms with Crippen LogP contribution in [0.3, 0.4) is 0 Å². The van der Waals surface area contributed by atoms with Gasteiger partial charge in [0.1, 0.15) is 18.7 Å². The van der Waals surface area contributed by atoms with Crippen LogP contribution in [0.15, 0.2) is 0 Å². The van der Waals surface area contributed by atoms with Gasteiger partial charge in [0.25, 0.3) is 0 Å². The van der Waals surface area contributed by atoms with Gasteiger partial charge in [-0.1, -0.05) is 19.8 Å². The number of hydrogen-bond acceptors (Lipinski definition) is 4. The molecule has 0 radical (unpaired) electrons. The lowest BCUT2D eigenvalue weighted by molar-refractivity contribution is -0.146. The Kier molecular flexibility index (Phi) is 12.5. The first-order valence-corrected chi connectivity index (χ1v) is 4.17. The SMILES string of the molecule is C=O.CCCCCC(=O)C(=O)OCl. The molecule has 0 rings (SSSR count). The Morgan fingerprint density at radius 1 is 1.31 bits per heavy atom. The summed E-state index contributed by atoms with van der Waals surface area (Å²) in [6, 6.07) is 0. The van der Waals surface area contributed by atoms with Crippen LogP contribution in [0.5, 0.6) is 0 Å². The first kappa shape index (κ1) is 14.6. The van der Waals surface area contributed by atoms with E-state index in [0.29, 0.717) is 0 Å². The molecule has 4 nitrogen and oxygen atoms in total. The van der Waals surface area contributed by atoms with Crippen molar-refractivity contribution in [1.82, 2.24) is 0 Å². The molecule has 76 valence electrons. The van der Waals surface area contributed by atoms with Gasteiger partial charge in [-0.15, -0.1) is 0 Å². The molecule has 0 aromatic rings. The van der Waals surface area contributed by atoms with Gasteiger partial charge in [-0.05, 0) is 6.42 Å². The summed E-state index contributed by atoms with van der Waals surface area (Å²) >= 11 is 4.69. The highest BCUT2D eigenvalue weighted by Gasteiger charge is 2.13. The summed E-state index contributed by atoms with van der Waals surface area (Å²) in [5.74, 6) is -1.50. The average Bonchev–Trinajstić information content (AvgIpc) is 2.20. The van der Waals surface area contributed by atoms with Crippen molar-refractivity contribution < 1.29 is 18.7 Å². The molecule has 0 aromatic carbocycles. The second-order valence-electron chi connectivity index (χ2n) is 2.24. The highest BCUT2D eigenvalue weighted by Crippen LogP contribution is 2.00. The first-order valence-electron chi connectivity index (χ1n) is 3.87. The maximum atomic E-state index is 10.7. The topological polar surface area (TPSA) is 60.4 Å². The minimum absolute atomic E-state index is 0.236. The zero-order valence-corrected chi connectivity index (χ0v) is 8.30. The summed E-state index contributed by atoms with van der Waals surface area (Å²) in [6.07, 6.45) is 2.92. The number of hydrogen-bond donors (Lipinski definition) is 0. The number of halogens is 1. The standard InChI is InChI=1S/C7H11ClO3.CH2O/c1-2-3-4-5-6(9)7(10)11-8;1-2/h2-5H2,1H3;1H2.